The van der Waals surface area contributed by atoms with Gasteiger partial charge in [-0.25, -0.2) is 0 Å². The molecule has 4 nitrogen and oxygen atoms in total. The Labute approximate surface area is 50.3 Å². The second kappa shape index (κ2) is 1.92. The molecule has 0 amide bonds. The maximum atomic E-state index is 10.4. The van der Waals surface area contributed by atoms with Crippen molar-refractivity contribution in [1.82, 2.24) is 4.08 Å². The zero-order valence-electron chi connectivity index (χ0n) is 4.07. The van der Waals surface area contributed by atoms with Crippen LogP contribution in [0, 0.1) is 0 Å². The molecule has 1 aliphatic rings. The highest BCUT2D eigenvalue weighted by Gasteiger charge is 2.24. The van der Waals surface area contributed by atoms with Crippen molar-refractivity contribution in [2.75, 3.05) is 13.2 Å². The zero-order chi connectivity index (χ0) is 6.20. The van der Waals surface area contributed by atoms with Crippen LogP contribution in [-0.2, 0) is 14.5 Å². The molecule has 1 saturated heterocycles. The van der Waals surface area contributed by atoms with Crippen molar-refractivity contribution in [3.05, 3.63) is 0 Å². The average molecular weight is 155 g/mol. The molecule has 0 spiro atoms. The van der Waals surface area contributed by atoms with E-state index in [1.54, 1.807) is 0 Å². The predicted molar refractivity (Wildman–Crippen MR) is 31.3 cm³/mol. The van der Waals surface area contributed by atoms with Gasteiger partial charge in [0.15, 0.2) is 0 Å². The van der Waals surface area contributed by atoms with Crippen LogP contribution in [-0.4, -0.2) is 25.6 Å². The van der Waals surface area contributed by atoms with E-state index in [-0.39, 0.29) is 6.61 Å². The summed E-state index contributed by atoms with van der Waals surface area (Å²) in [4.78, 5) is 0. The van der Waals surface area contributed by atoms with Crippen LogP contribution in [0.2, 0.25) is 0 Å². The quantitative estimate of drug-likeness (QED) is 0.437. The fourth-order valence-electron chi connectivity index (χ4n) is 0.412. The molecule has 8 heavy (non-hydrogen) atoms. The Morgan fingerprint density at radius 2 is 2.25 bits per heavy atom. The molecule has 0 N–H and O–H groups in total. The van der Waals surface area contributed by atoms with Crippen LogP contribution in [0.4, 0.5) is 0 Å². The molecule has 0 bridgehead atoms. The summed E-state index contributed by atoms with van der Waals surface area (Å²) in [7, 11) is -1.27. The number of nitrogens with zero attached hydrogens (tertiary/aromatic N) is 1. The summed E-state index contributed by atoms with van der Waals surface area (Å²) in [6, 6.07) is 0. The summed E-state index contributed by atoms with van der Waals surface area (Å²) < 4.78 is 26.3. The molecule has 1 atom stereocenters. The molecular weight excluding hydrogens is 149 g/mol. The summed E-state index contributed by atoms with van der Waals surface area (Å²) in [5, 5.41) is 0. The number of hydrogen-bond acceptors (Lipinski definition) is 3. The Hall–Kier alpha value is 0.300. The van der Waals surface area contributed by atoms with Gasteiger partial charge in [0.2, 0.25) is 0 Å². The van der Waals surface area contributed by atoms with E-state index in [0.717, 1.165) is 4.08 Å². The Bertz CT molecular complexity index is 176. The number of rotatable bonds is 0. The molecule has 48 valence electrons. The van der Waals surface area contributed by atoms with Gasteiger partial charge in [-0.15, -0.1) is 0 Å². The predicted octanol–water partition coefficient (Wildman–Crippen LogP) is -0.646. The average Bonchev–Trinajstić information content (AvgIpc) is 1.86. The van der Waals surface area contributed by atoms with E-state index >= 15 is 0 Å². The topological polar surface area (TPSA) is 46.6 Å². The van der Waals surface area contributed by atoms with Gasteiger partial charge in [-0.1, -0.05) is 0 Å². The smallest absolute Gasteiger partial charge is 0.256 e. The lowest BCUT2D eigenvalue weighted by molar-refractivity contribution is 0.362. The van der Waals surface area contributed by atoms with Gasteiger partial charge in [-0.3, -0.25) is 4.18 Å². The van der Waals surface area contributed by atoms with Crippen molar-refractivity contribution in [3.63, 3.8) is 0 Å². The van der Waals surface area contributed by atoms with Crippen molar-refractivity contribution in [2.24, 2.45) is 0 Å². The van der Waals surface area contributed by atoms with E-state index in [0.29, 0.717) is 6.54 Å². The molecule has 0 aliphatic carbocycles. The lowest BCUT2D eigenvalue weighted by Crippen LogP contribution is -2.12. The maximum Gasteiger partial charge on any atom is 0.341 e. The Morgan fingerprint density at radius 3 is 2.38 bits per heavy atom. The maximum absolute atomic E-state index is 10.4. The molecule has 1 unspecified atom stereocenters. The van der Waals surface area contributed by atoms with Crippen molar-refractivity contribution in [3.8, 4) is 0 Å². The highest BCUT2D eigenvalue weighted by atomic mass is 32.2. The molecule has 1 aliphatic heterocycles. The van der Waals surface area contributed by atoms with Crippen molar-refractivity contribution in [2.45, 2.75) is 0 Å². The standard InChI is InChI=1S/C2H6NO3PS/c4-8(5)3(7)1-2-6-8/h1-2,7H2. The van der Waals surface area contributed by atoms with Crippen molar-refractivity contribution >= 4 is 19.7 Å². The Morgan fingerprint density at radius 1 is 1.62 bits per heavy atom. The largest absolute Gasteiger partial charge is 0.341 e. The normalized spacial score (nSPS) is 28.6. The van der Waals surface area contributed by atoms with E-state index in [4.69, 9.17) is 0 Å². The van der Waals surface area contributed by atoms with Crippen LogP contribution in [0.5, 0.6) is 0 Å². The zero-order valence-corrected chi connectivity index (χ0v) is 6.04. The molecule has 1 rings (SSSR count). The Kier molecular flexibility index (Phi) is 1.54. The first-order chi connectivity index (χ1) is 3.63. The first-order valence-corrected chi connectivity index (χ1v) is 3.93. The van der Waals surface area contributed by atoms with Gasteiger partial charge in [0, 0.05) is 6.54 Å². The summed E-state index contributed by atoms with van der Waals surface area (Å²) >= 11 is 0. The van der Waals surface area contributed by atoms with E-state index in [1.807, 2.05) is 0 Å². The van der Waals surface area contributed by atoms with E-state index in [9.17, 15) is 8.42 Å². The first kappa shape index (κ1) is 6.42. The SMILES string of the molecule is O=S1(=O)OCCN1P. The van der Waals surface area contributed by atoms with Gasteiger partial charge in [0.05, 0.1) is 6.61 Å². The van der Waals surface area contributed by atoms with Gasteiger partial charge in [-0.2, -0.15) is 12.5 Å². The monoisotopic (exact) mass is 155 g/mol. The van der Waals surface area contributed by atoms with Gasteiger partial charge in [0.25, 0.3) is 0 Å². The summed E-state index contributed by atoms with van der Waals surface area (Å²) in [6.45, 7) is 0.707. The van der Waals surface area contributed by atoms with Crippen LogP contribution in [0.15, 0.2) is 0 Å². The summed E-state index contributed by atoms with van der Waals surface area (Å²) in [5.74, 6) is 0. The van der Waals surface area contributed by atoms with E-state index in [1.165, 1.54) is 0 Å². The third-order valence-electron chi connectivity index (χ3n) is 0.831. The summed E-state index contributed by atoms with van der Waals surface area (Å²) in [6.07, 6.45) is 0. The fraction of sp³-hybridized carbons (Fsp3) is 1.00. The molecule has 1 fully saturated rings. The molecule has 0 radical (unpaired) electrons. The minimum atomic E-state index is -3.33. The van der Waals surface area contributed by atoms with Gasteiger partial charge < -0.3 is 0 Å². The molecular formula is C2H6NO3PS. The minimum absolute atomic E-state index is 0.270. The van der Waals surface area contributed by atoms with E-state index in [2.05, 4.69) is 13.6 Å². The summed E-state index contributed by atoms with van der Waals surface area (Å²) in [5.41, 5.74) is 0. The third-order valence-corrected chi connectivity index (χ3v) is 3.09. The lowest BCUT2D eigenvalue weighted by atomic mass is 10.8. The highest BCUT2D eigenvalue weighted by Crippen LogP contribution is 2.14. The van der Waals surface area contributed by atoms with Crippen LogP contribution >= 0.6 is 9.39 Å². The molecule has 1 heterocycles. The van der Waals surface area contributed by atoms with Crippen molar-refractivity contribution < 1.29 is 12.6 Å². The van der Waals surface area contributed by atoms with Gasteiger partial charge >= 0.3 is 10.3 Å². The lowest BCUT2D eigenvalue weighted by Gasteiger charge is -1.99. The third kappa shape index (κ3) is 1.00. The number of hydrogen-bond donors (Lipinski definition) is 0. The van der Waals surface area contributed by atoms with Crippen LogP contribution < -0.4 is 0 Å². The van der Waals surface area contributed by atoms with Gasteiger partial charge in [0.1, 0.15) is 0 Å². The Balaban J connectivity index is 2.85. The van der Waals surface area contributed by atoms with E-state index < -0.39 is 10.3 Å². The van der Waals surface area contributed by atoms with Gasteiger partial charge in [-0.05, 0) is 9.39 Å². The second-order valence-electron chi connectivity index (χ2n) is 1.39. The van der Waals surface area contributed by atoms with Crippen LogP contribution in [0.25, 0.3) is 0 Å². The first-order valence-electron chi connectivity index (χ1n) is 2.05. The van der Waals surface area contributed by atoms with Crippen LogP contribution in [0.3, 0.4) is 0 Å². The van der Waals surface area contributed by atoms with Crippen LogP contribution in [0.1, 0.15) is 0 Å². The fourth-order valence-corrected chi connectivity index (χ4v) is 1.42. The highest BCUT2D eigenvalue weighted by molar-refractivity contribution is 7.87. The molecule has 0 aromatic carbocycles. The molecule has 0 saturated carbocycles. The molecule has 0 aromatic rings. The minimum Gasteiger partial charge on any atom is -0.256 e. The molecule has 6 heteroatoms. The molecule has 0 aromatic heterocycles. The van der Waals surface area contributed by atoms with Crippen molar-refractivity contribution in [1.29, 1.82) is 0 Å². The second-order valence-corrected chi connectivity index (χ2v) is 3.95.